The fourth-order valence-electron chi connectivity index (χ4n) is 3.33. The van der Waals surface area contributed by atoms with Gasteiger partial charge in [-0.25, -0.2) is 0 Å². The quantitative estimate of drug-likeness (QED) is 0.855. The summed E-state index contributed by atoms with van der Waals surface area (Å²) in [6.45, 7) is 7.90. The molecule has 24 heavy (non-hydrogen) atoms. The second kappa shape index (κ2) is 7.63. The van der Waals surface area contributed by atoms with Gasteiger partial charge in [0.15, 0.2) is 0 Å². The fourth-order valence-corrected chi connectivity index (χ4v) is 3.33. The molecule has 0 aromatic heterocycles. The van der Waals surface area contributed by atoms with E-state index in [0.29, 0.717) is 0 Å². The Hall–Kier alpha value is -2.13. The summed E-state index contributed by atoms with van der Waals surface area (Å²) in [6.07, 6.45) is 2.11. The molecule has 126 valence electrons. The molecule has 0 spiro atoms. The molecule has 1 amide bonds. The Balaban J connectivity index is 1.44. The summed E-state index contributed by atoms with van der Waals surface area (Å²) >= 11 is 0. The first-order valence-electron chi connectivity index (χ1n) is 8.78. The molecule has 2 aromatic carbocycles. The molecule has 3 nitrogen and oxygen atoms in total. The molecule has 0 radical (unpaired) electrons. The zero-order valence-corrected chi connectivity index (χ0v) is 14.6. The van der Waals surface area contributed by atoms with Crippen molar-refractivity contribution in [1.29, 1.82) is 0 Å². The molecule has 0 saturated heterocycles. The van der Waals surface area contributed by atoms with Crippen LogP contribution >= 0.6 is 0 Å². The number of aryl methyl sites for hydroxylation is 2. The number of carbonyl (C=O) groups is 1. The van der Waals surface area contributed by atoms with Crippen LogP contribution in [0.4, 0.5) is 0 Å². The number of hydrogen-bond acceptors (Lipinski definition) is 2. The number of benzene rings is 2. The lowest BCUT2D eigenvalue weighted by Gasteiger charge is -2.28. The third-order valence-corrected chi connectivity index (χ3v) is 4.78. The minimum Gasteiger partial charge on any atom is -0.352 e. The highest BCUT2D eigenvalue weighted by atomic mass is 16.1. The van der Waals surface area contributed by atoms with Crippen molar-refractivity contribution in [3.8, 4) is 0 Å². The Morgan fingerprint density at radius 2 is 1.92 bits per heavy atom. The van der Waals surface area contributed by atoms with E-state index in [9.17, 15) is 4.79 Å². The van der Waals surface area contributed by atoms with E-state index in [-0.39, 0.29) is 5.91 Å². The Morgan fingerprint density at radius 3 is 2.75 bits per heavy atom. The van der Waals surface area contributed by atoms with Gasteiger partial charge < -0.3 is 5.32 Å². The van der Waals surface area contributed by atoms with Crippen molar-refractivity contribution in [1.82, 2.24) is 10.2 Å². The smallest absolute Gasteiger partial charge is 0.251 e. The highest BCUT2D eigenvalue weighted by Crippen LogP contribution is 2.18. The second-order valence-corrected chi connectivity index (χ2v) is 6.72. The molecular weight excluding hydrogens is 296 g/mol. The Bertz CT molecular complexity index is 724. The first-order chi connectivity index (χ1) is 11.6. The third kappa shape index (κ3) is 4.04. The van der Waals surface area contributed by atoms with Gasteiger partial charge in [0.2, 0.25) is 0 Å². The molecule has 0 aliphatic carbocycles. The van der Waals surface area contributed by atoms with E-state index in [2.05, 4.69) is 34.5 Å². The van der Waals surface area contributed by atoms with Crippen molar-refractivity contribution in [2.24, 2.45) is 0 Å². The number of carbonyl (C=O) groups excluding carboxylic acids is 1. The highest BCUT2D eigenvalue weighted by molar-refractivity contribution is 5.95. The number of nitrogens with one attached hydrogen (secondary N) is 1. The van der Waals surface area contributed by atoms with Gasteiger partial charge >= 0.3 is 0 Å². The number of hydrogen-bond donors (Lipinski definition) is 1. The lowest BCUT2D eigenvalue weighted by molar-refractivity contribution is 0.0950. The zero-order valence-electron chi connectivity index (χ0n) is 14.6. The first kappa shape index (κ1) is 16.7. The van der Waals surface area contributed by atoms with Crippen LogP contribution in [0.15, 0.2) is 42.5 Å². The monoisotopic (exact) mass is 322 g/mol. The highest BCUT2D eigenvalue weighted by Gasteiger charge is 2.15. The summed E-state index contributed by atoms with van der Waals surface area (Å²) in [5.41, 5.74) is 5.88. The maximum atomic E-state index is 12.3. The largest absolute Gasteiger partial charge is 0.352 e. The molecular formula is C21H26N2O. The Labute approximate surface area is 144 Å². The van der Waals surface area contributed by atoms with Crippen LogP contribution in [0.3, 0.4) is 0 Å². The second-order valence-electron chi connectivity index (χ2n) is 6.72. The molecule has 1 N–H and O–H groups in total. The fraction of sp³-hybridized carbons (Fsp3) is 0.381. The minimum atomic E-state index is 0.0418. The average Bonchev–Trinajstić information content (AvgIpc) is 2.60. The van der Waals surface area contributed by atoms with Crippen molar-refractivity contribution in [2.75, 3.05) is 19.6 Å². The normalized spacial score (nSPS) is 14.2. The number of nitrogens with zero attached hydrogens (tertiary/aromatic N) is 1. The standard InChI is InChI=1S/C21H26N2O/c1-16-8-9-17(2)20(14-16)21(24)22-11-5-12-23-13-10-18-6-3-4-7-19(18)15-23/h3-4,6-9,14H,5,10-13,15H2,1-2H3,(H,22,24). The average molecular weight is 322 g/mol. The molecule has 0 fully saturated rings. The first-order valence-corrected chi connectivity index (χ1v) is 8.78. The molecule has 3 rings (SSSR count). The van der Waals surface area contributed by atoms with Gasteiger partial charge in [-0.05, 0) is 49.4 Å². The van der Waals surface area contributed by atoms with Gasteiger partial charge in [-0.1, -0.05) is 42.0 Å². The van der Waals surface area contributed by atoms with E-state index in [1.54, 1.807) is 0 Å². The topological polar surface area (TPSA) is 32.3 Å². The van der Waals surface area contributed by atoms with E-state index < -0.39 is 0 Å². The predicted octanol–water partition coefficient (Wildman–Crippen LogP) is 3.48. The maximum Gasteiger partial charge on any atom is 0.251 e. The van der Waals surface area contributed by atoms with Gasteiger partial charge in [0, 0.05) is 31.7 Å². The lowest BCUT2D eigenvalue weighted by Crippen LogP contribution is -2.33. The van der Waals surface area contributed by atoms with Crippen LogP contribution in [0, 0.1) is 13.8 Å². The van der Waals surface area contributed by atoms with Gasteiger partial charge in [0.05, 0.1) is 0 Å². The number of rotatable bonds is 5. The van der Waals surface area contributed by atoms with Crippen molar-refractivity contribution >= 4 is 5.91 Å². The minimum absolute atomic E-state index is 0.0418. The van der Waals surface area contributed by atoms with Gasteiger partial charge in [0.25, 0.3) is 5.91 Å². The molecule has 0 saturated carbocycles. The van der Waals surface area contributed by atoms with Gasteiger partial charge in [-0.3, -0.25) is 9.69 Å². The van der Waals surface area contributed by atoms with E-state index in [1.165, 1.54) is 11.1 Å². The lowest BCUT2D eigenvalue weighted by atomic mass is 10.00. The van der Waals surface area contributed by atoms with Crippen molar-refractivity contribution in [2.45, 2.75) is 33.2 Å². The number of fused-ring (bicyclic) bond motifs is 1. The third-order valence-electron chi connectivity index (χ3n) is 4.78. The molecule has 0 bridgehead atoms. The van der Waals surface area contributed by atoms with E-state index in [1.807, 2.05) is 32.0 Å². The molecule has 2 aromatic rings. The van der Waals surface area contributed by atoms with Gasteiger partial charge in [0.1, 0.15) is 0 Å². The molecule has 0 atom stereocenters. The summed E-state index contributed by atoms with van der Waals surface area (Å²) in [4.78, 5) is 14.8. The summed E-state index contributed by atoms with van der Waals surface area (Å²) in [6, 6.07) is 14.7. The molecule has 0 unspecified atom stereocenters. The summed E-state index contributed by atoms with van der Waals surface area (Å²) < 4.78 is 0. The van der Waals surface area contributed by atoms with Crippen LogP contribution in [0.5, 0.6) is 0 Å². The molecule has 3 heteroatoms. The van der Waals surface area contributed by atoms with Crippen molar-refractivity contribution < 1.29 is 4.79 Å². The van der Waals surface area contributed by atoms with Crippen LogP contribution in [0.25, 0.3) is 0 Å². The van der Waals surface area contributed by atoms with E-state index in [0.717, 1.165) is 55.7 Å². The SMILES string of the molecule is Cc1ccc(C)c(C(=O)NCCCN2CCc3ccccc3C2)c1. The molecule has 1 aliphatic rings. The van der Waals surface area contributed by atoms with Crippen LogP contribution in [0.2, 0.25) is 0 Å². The van der Waals surface area contributed by atoms with E-state index in [4.69, 9.17) is 0 Å². The van der Waals surface area contributed by atoms with Gasteiger partial charge in [-0.2, -0.15) is 0 Å². The van der Waals surface area contributed by atoms with Crippen LogP contribution in [-0.2, 0) is 13.0 Å². The van der Waals surface area contributed by atoms with Crippen LogP contribution in [0.1, 0.15) is 39.0 Å². The summed E-state index contributed by atoms with van der Waals surface area (Å²) in [7, 11) is 0. The summed E-state index contributed by atoms with van der Waals surface area (Å²) in [5.74, 6) is 0.0418. The van der Waals surface area contributed by atoms with Crippen LogP contribution < -0.4 is 5.32 Å². The predicted molar refractivity (Wildman–Crippen MR) is 98.3 cm³/mol. The van der Waals surface area contributed by atoms with Crippen molar-refractivity contribution in [3.63, 3.8) is 0 Å². The van der Waals surface area contributed by atoms with Crippen molar-refractivity contribution in [3.05, 3.63) is 70.3 Å². The van der Waals surface area contributed by atoms with Crippen LogP contribution in [-0.4, -0.2) is 30.4 Å². The Kier molecular flexibility index (Phi) is 5.31. The Morgan fingerprint density at radius 1 is 1.12 bits per heavy atom. The van der Waals surface area contributed by atoms with Gasteiger partial charge in [-0.15, -0.1) is 0 Å². The maximum absolute atomic E-state index is 12.3. The number of amides is 1. The summed E-state index contributed by atoms with van der Waals surface area (Å²) in [5, 5.41) is 3.06. The van der Waals surface area contributed by atoms with E-state index >= 15 is 0 Å². The molecule has 1 aliphatic heterocycles. The molecule has 1 heterocycles. The zero-order chi connectivity index (χ0) is 16.9.